The number of aryl methyl sites for hydroxylation is 2. The molecule has 0 saturated carbocycles. The van der Waals surface area contributed by atoms with Gasteiger partial charge in [0.15, 0.2) is 0 Å². The molecule has 0 aromatic heterocycles. The summed E-state index contributed by atoms with van der Waals surface area (Å²) in [6, 6.07) is 6.32. The van der Waals surface area contributed by atoms with E-state index < -0.39 is 6.04 Å². The van der Waals surface area contributed by atoms with Crippen molar-refractivity contribution in [2.24, 2.45) is 5.73 Å². The highest BCUT2D eigenvalue weighted by molar-refractivity contribution is 7.98. The SMILES string of the molecule is COC(=O)C(N)CCSCc1ccc2c(c1)CCC2. The molecule has 104 valence electrons. The van der Waals surface area contributed by atoms with E-state index in [-0.39, 0.29) is 5.97 Å². The molecule has 4 heteroatoms. The molecule has 1 atom stereocenters. The van der Waals surface area contributed by atoms with Gasteiger partial charge in [-0.2, -0.15) is 11.8 Å². The molecule has 3 nitrogen and oxygen atoms in total. The summed E-state index contributed by atoms with van der Waals surface area (Å²) in [4.78, 5) is 11.1. The van der Waals surface area contributed by atoms with Crippen LogP contribution in [0.4, 0.5) is 0 Å². The van der Waals surface area contributed by atoms with E-state index in [1.165, 1.54) is 43.1 Å². The van der Waals surface area contributed by atoms with E-state index in [4.69, 9.17) is 5.73 Å². The highest BCUT2D eigenvalue weighted by Crippen LogP contribution is 2.24. The maximum absolute atomic E-state index is 11.1. The Balaban J connectivity index is 1.73. The van der Waals surface area contributed by atoms with Crippen LogP contribution in [-0.4, -0.2) is 24.9 Å². The van der Waals surface area contributed by atoms with Gasteiger partial charge in [0.25, 0.3) is 0 Å². The highest BCUT2D eigenvalue weighted by atomic mass is 32.2. The van der Waals surface area contributed by atoms with Crippen molar-refractivity contribution < 1.29 is 9.53 Å². The normalized spacial score (nSPS) is 15.1. The Kier molecular flexibility index (Phi) is 5.28. The van der Waals surface area contributed by atoms with Gasteiger partial charge in [-0.25, -0.2) is 0 Å². The highest BCUT2D eigenvalue weighted by Gasteiger charge is 2.13. The van der Waals surface area contributed by atoms with Crippen LogP contribution in [0.2, 0.25) is 0 Å². The number of hydrogen-bond donors (Lipinski definition) is 1. The van der Waals surface area contributed by atoms with Crippen molar-refractivity contribution >= 4 is 17.7 Å². The maximum Gasteiger partial charge on any atom is 0.322 e. The molecule has 0 fully saturated rings. The molecular formula is C15H21NO2S. The Morgan fingerprint density at radius 1 is 1.42 bits per heavy atom. The Bertz CT molecular complexity index is 448. The molecule has 2 N–H and O–H groups in total. The average molecular weight is 279 g/mol. The van der Waals surface area contributed by atoms with Crippen molar-refractivity contribution in [3.05, 3.63) is 34.9 Å². The van der Waals surface area contributed by atoms with Gasteiger partial charge in [0.1, 0.15) is 6.04 Å². The molecule has 0 heterocycles. The zero-order valence-electron chi connectivity index (χ0n) is 11.4. The Hall–Kier alpha value is -1.00. The lowest BCUT2D eigenvalue weighted by atomic mass is 10.1. The van der Waals surface area contributed by atoms with Crippen LogP contribution in [0.15, 0.2) is 18.2 Å². The van der Waals surface area contributed by atoms with Crippen molar-refractivity contribution in [3.8, 4) is 0 Å². The van der Waals surface area contributed by atoms with Crippen LogP contribution in [0.3, 0.4) is 0 Å². The van der Waals surface area contributed by atoms with Crippen LogP contribution in [0.5, 0.6) is 0 Å². The predicted octanol–water partition coefficient (Wildman–Crippen LogP) is 2.30. The molecule has 0 spiro atoms. The molecule has 19 heavy (non-hydrogen) atoms. The Morgan fingerprint density at radius 2 is 2.21 bits per heavy atom. The van der Waals surface area contributed by atoms with Gasteiger partial charge in [0.05, 0.1) is 7.11 Å². The number of esters is 1. The molecule has 1 aliphatic carbocycles. The van der Waals surface area contributed by atoms with Crippen LogP contribution in [0.1, 0.15) is 29.5 Å². The number of hydrogen-bond acceptors (Lipinski definition) is 4. The quantitative estimate of drug-likeness (QED) is 0.641. The maximum atomic E-state index is 11.1. The summed E-state index contributed by atoms with van der Waals surface area (Å²) in [6.07, 6.45) is 4.42. The molecule has 1 unspecified atom stereocenters. The zero-order chi connectivity index (χ0) is 13.7. The number of carbonyl (C=O) groups excluding carboxylic acids is 1. The van der Waals surface area contributed by atoms with Crippen LogP contribution >= 0.6 is 11.8 Å². The van der Waals surface area contributed by atoms with Crippen molar-refractivity contribution in [2.45, 2.75) is 37.5 Å². The minimum atomic E-state index is -0.488. The van der Waals surface area contributed by atoms with Gasteiger partial charge in [-0.3, -0.25) is 4.79 Å². The molecule has 1 aromatic rings. The second-order valence-corrected chi connectivity index (χ2v) is 6.03. The van der Waals surface area contributed by atoms with E-state index in [0.29, 0.717) is 6.42 Å². The third-order valence-electron chi connectivity index (χ3n) is 3.51. The number of rotatable bonds is 6. The summed E-state index contributed by atoms with van der Waals surface area (Å²) in [6.45, 7) is 0. The largest absolute Gasteiger partial charge is 0.468 e. The van der Waals surface area contributed by atoms with E-state index in [2.05, 4.69) is 22.9 Å². The molecule has 0 saturated heterocycles. The predicted molar refractivity (Wildman–Crippen MR) is 79.2 cm³/mol. The summed E-state index contributed by atoms with van der Waals surface area (Å²) >= 11 is 1.82. The molecule has 0 radical (unpaired) electrons. The fourth-order valence-corrected chi connectivity index (χ4v) is 3.36. The first-order valence-electron chi connectivity index (χ1n) is 6.72. The first-order valence-corrected chi connectivity index (χ1v) is 7.88. The van der Waals surface area contributed by atoms with Gasteiger partial charge in [0, 0.05) is 5.75 Å². The zero-order valence-corrected chi connectivity index (χ0v) is 12.2. The van der Waals surface area contributed by atoms with Gasteiger partial charge in [-0.05, 0) is 48.1 Å². The summed E-state index contributed by atoms with van der Waals surface area (Å²) < 4.78 is 4.60. The average Bonchev–Trinajstić information content (AvgIpc) is 2.89. The third kappa shape index (κ3) is 3.98. The number of nitrogens with two attached hydrogens (primary N) is 1. The standard InChI is InChI=1S/C15H21NO2S/c1-18-15(17)14(16)7-8-19-10-11-5-6-12-3-2-4-13(12)9-11/h5-6,9,14H,2-4,7-8,10,16H2,1H3. The topological polar surface area (TPSA) is 52.3 Å². The number of ether oxygens (including phenoxy) is 1. The van der Waals surface area contributed by atoms with Crippen molar-refractivity contribution in [1.82, 2.24) is 0 Å². The lowest BCUT2D eigenvalue weighted by Crippen LogP contribution is -2.31. The number of thioether (sulfide) groups is 1. The van der Waals surface area contributed by atoms with Gasteiger partial charge in [-0.1, -0.05) is 18.2 Å². The van der Waals surface area contributed by atoms with E-state index >= 15 is 0 Å². The summed E-state index contributed by atoms with van der Waals surface area (Å²) in [5, 5.41) is 0. The first kappa shape index (κ1) is 14.4. The molecule has 0 amide bonds. The monoisotopic (exact) mass is 279 g/mol. The van der Waals surface area contributed by atoms with Crippen LogP contribution < -0.4 is 5.73 Å². The number of fused-ring (bicyclic) bond motifs is 1. The molecule has 1 aromatic carbocycles. The molecule has 2 rings (SSSR count). The van der Waals surface area contributed by atoms with Crippen LogP contribution in [0.25, 0.3) is 0 Å². The first-order chi connectivity index (χ1) is 9.20. The minimum Gasteiger partial charge on any atom is -0.468 e. The number of methoxy groups -OCH3 is 1. The van der Waals surface area contributed by atoms with E-state index in [1.807, 2.05) is 11.8 Å². The van der Waals surface area contributed by atoms with Gasteiger partial charge in [-0.15, -0.1) is 0 Å². The Labute approximate surface area is 118 Å². The van der Waals surface area contributed by atoms with Crippen molar-refractivity contribution in [3.63, 3.8) is 0 Å². The smallest absolute Gasteiger partial charge is 0.322 e. The molecule has 1 aliphatic rings. The van der Waals surface area contributed by atoms with Gasteiger partial charge >= 0.3 is 5.97 Å². The lowest BCUT2D eigenvalue weighted by molar-refractivity contribution is -0.142. The van der Waals surface area contributed by atoms with Crippen LogP contribution in [0, 0.1) is 0 Å². The van der Waals surface area contributed by atoms with Crippen LogP contribution in [-0.2, 0) is 28.1 Å². The minimum absolute atomic E-state index is 0.321. The second-order valence-electron chi connectivity index (χ2n) is 4.93. The van der Waals surface area contributed by atoms with Crippen molar-refractivity contribution in [2.75, 3.05) is 12.9 Å². The Morgan fingerprint density at radius 3 is 3.00 bits per heavy atom. The van der Waals surface area contributed by atoms with Gasteiger partial charge in [0.2, 0.25) is 0 Å². The molecular weight excluding hydrogens is 258 g/mol. The third-order valence-corrected chi connectivity index (χ3v) is 4.57. The number of benzene rings is 1. The fourth-order valence-electron chi connectivity index (χ4n) is 2.38. The van der Waals surface area contributed by atoms with E-state index in [9.17, 15) is 4.79 Å². The second kappa shape index (κ2) is 6.96. The fraction of sp³-hybridized carbons (Fsp3) is 0.533. The number of carbonyl (C=O) groups is 1. The van der Waals surface area contributed by atoms with Gasteiger partial charge < -0.3 is 10.5 Å². The molecule has 0 aliphatic heterocycles. The van der Waals surface area contributed by atoms with E-state index in [0.717, 1.165) is 11.5 Å². The summed E-state index contributed by atoms with van der Waals surface area (Å²) in [5.41, 5.74) is 10.1. The molecule has 0 bridgehead atoms. The summed E-state index contributed by atoms with van der Waals surface area (Å²) in [5.74, 6) is 1.55. The van der Waals surface area contributed by atoms with E-state index in [1.54, 1.807) is 0 Å². The van der Waals surface area contributed by atoms with Crippen molar-refractivity contribution in [1.29, 1.82) is 0 Å². The summed E-state index contributed by atoms with van der Waals surface area (Å²) in [7, 11) is 1.37. The lowest BCUT2D eigenvalue weighted by Gasteiger charge is -2.09.